The van der Waals surface area contributed by atoms with Crippen molar-refractivity contribution in [2.45, 2.75) is 24.4 Å². The van der Waals surface area contributed by atoms with Crippen LogP contribution in [0.1, 0.15) is 0 Å². The molecule has 2 aliphatic rings. The molecule has 4 N–H and O–H groups in total. The Hall–Kier alpha value is 0.140. The van der Waals surface area contributed by atoms with Gasteiger partial charge in [0.15, 0.2) is 0 Å². The largest absolute Gasteiger partial charge is 0.470 e. The lowest BCUT2D eigenvalue weighted by molar-refractivity contribution is 0.00133. The van der Waals surface area contributed by atoms with Crippen molar-refractivity contribution >= 4 is 15.6 Å². The predicted molar refractivity (Wildman–Crippen MR) is 53.3 cm³/mol. The molecule has 0 bridgehead atoms. The lowest BCUT2D eigenvalue weighted by Crippen LogP contribution is -2.33. The molecule has 0 aromatic rings. The molecule has 2 saturated heterocycles. The minimum atomic E-state index is -4.68. The zero-order valence-corrected chi connectivity index (χ0v) is 10.6. The van der Waals surface area contributed by atoms with Crippen LogP contribution in [0.2, 0.25) is 0 Å². The molecule has 0 spiro atoms. The molecule has 0 aromatic heterocycles. The summed E-state index contributed by atoms with van der Waals surface area (Å²) in [6.07, 6.45) is -3.65. The SMILES string of the molecule is O=P(O)(O)O[C@@H]1CO[C@H]2[C@@H]1OC[C@H]2OP(=O)(O)O. The van der Waals surface area contributed by atoms with E-state index in [1.54, 1.807) is 0 Å². The number of hydrogen-bond acceptors (Lipinski definition) is 6. The van der Waals surface area contributed by atoms with E-state index >= 15 is 0 Å². The predicted octanol–water partition coefficient (Wildman–Crippen LogP) is -1.26. The van der Waals surface area contributed by atoms with E-state index in [0.29, 0.717) is 0 Å². The van der Waals surface area contributed by atoms with Crippen LogP contribution in [0.3, 0.4) is 0 Å². The quantitative estimate of drug-likeness (QED) is 0.463. The molecule has 0 amide bonds. The van der Waals surface area contributed by atoms with Crippen LogP contribution in [0.15, 0.2) is 0 Å². The van der Waals surface area contributed by atoms with Crippen LogP contribution in [0, 0.1) is 0 Å². The monoisotopic (exact) mass is 306 g/mol. The molecule has 0 unspecified atom stereocenters. The normalized spacial score (nSPS) is 36.9. The maximum Gasteiger partial charge on any atom is 0.470 e. The zero-order valence-electron chi connectivity index (χ0n) is 8.86. The summed E-state index contributed by atoms with van der Waals surface area (Å²) >= 11 is 0. The molecule has 0 radical (unpaired) electrons. The molecule has 2 fully saturated rings. The molecule has 12 heteroatoms. The highest BCUT2D eigenvalue weighted by molar-refractivity contribution is 7.46. The van der Waals surface area contributed by atoms with Crippen molar-refractivity contribution in [1.82, 2.24) is 0 Å². The summed E-state index contributed by atoms with van der Waals surface area (Å²) in [4.78, 5) is 34.7. The van der Waals surface area contributed by atoms with E-state index in [-0.39, 0.29) is 13.2 Å². The lowest BCUT2D eigenvalue weighted by atomic mass is 10.1. The summed E-state index contributed by atoms with van der Waals surface area (Å²) in [5.41, 5.74) is 0. The first-order valence-corrected chi connectivity index (χ1v) is 7.93. The van der Waals surface area contributed by atoms with Gasteiger partial charge in [-0.2, -0.15) is 0 Å². The number of rotatable bonds is 4. The van der Waals surface area contributed by atoms with Gasteiger partial charge in [0.25, 0.3) is 0 Å². The highest BCUT2D eigenvalue weighted by Crippen LogP contribution is 2.45. The van der Waals surface area contributed by atoms with Crippen molar-refractivity contribution in [3.63, 3.8) is 0 Å². The van der Waals surface area contributed by atoms with Crippen LogP contribution < -0.4 is 0 Å². The molecule has 2 aliphatic heterocycles. The van der Waals surface area contributed by atoms with E-state index in [2.05, 4.69) is 9.05 Å². The number of fused-ring (bicyclic) bond motifs is 1. The highest BCUT2D eigenvalue weighted by Gasteiger charge is 2.52. The molecular weight excluding hydrogens is 294 g/mol. The van der Waals surface area contributed by atoms with Gasteiger partial charge in [-0.05, 0) is 0 Å². The van der Waals surface area contributed by atoms with Crippen molar-refractivity contribution in [2.75, 3.05) is 13.2 Å². The van der Waals surface area contributed by atoms with Gasteiger partial charge in [-0.3, -0.25) is 9.05 Å². The maximum atomic E-state index is 10.7. The Morgan fingerprint density at radius 1 is 0.833 bits per heavy atom. The third-order valence-corrected chi connectivity index (χ3v) is 3.60. The molecule has 10 nitrogen and oxygen atoms in total. The van der Waals surface area contributed by atoms with Crippen LogP contribution in [0.5, 0.6) is 0 Å². The van der Waals surface area contributed by atoms with Gasteiger partial charge in [-0.1, -0.05) is 0 Å². The number of phosphoric acid groups is 2. The van der Waals surface area contributed by atoms with Gasteiger partial charge in [-0.15, -0.1) is 0 Å². The van der Waals surface area contributed by atoms with Gasteiger partial charge in [0.05, 0.1) is 13.2 Å². The second kappa shape index (κ2) is 4.92. The van der Waals surface area contributed by atoms with Gasteiger partial charge >= 0.3 is 15.6 Å². The van der Waals surface area contributed by atoms with Crippen molar-refractivity contribution < 1.29 is 47.2 Å². The zero-order chi connectivity index (χ0) is 13.6. The Labute approximate surface area is 101 Å². The summed E-state index contributed by atoms with van der Waals surface area (Å²) < 4.78 is 40.6. The molecule has 0 aromatic carbocycles. The van der Waals surface area contributed by atoms with Crippen LogP contribution in [-0.2, 0) is 27.7 Å². The first-order valence-electron chi connectivity index (χ1n) is 4.87. The van der Waals surface area contributed by atoms with Gasteiger partial charge < -0.3 is 29.0 Å². The van der Waals surface area contributed by atoms with Gasteiger partial charge in [0.1, 0.15) is 24.4 Å². The maximum absolute atomic E-state index is 10.7. The van der Waals surface area contributed by atoms with E-state index in [4.69, 9.17) is 29.0 Å². The summed E-state index contributed by atoms with van der Waals surface area (Å²) in [5, 5.41) is 0. The highest BCUT2D eigenvalue weighted by atomic mass is 31.2. The summed E-state index contributed by atoms with van der Waals surface area (Å²) in [7, 11) is -9.36. The van der Waals surface area contributed by atoms with E-state index in [0.717, 1.165) is 0 Å². The lowest BCUT2D eigenvalue weighted by Gasteiger charge is -2.17. The van der Waals surface area contributed by atoms with Crippen LogP contribution >= 0.6 is 15.6 Å². The summed E-state index contributed by atoms with van der Waals surface area (Å²) in [6.45, 7) is -0.303. The standard InChI is InChI=1S/C6H12O10P2/c7-17(8,9)15-3-1-13-6-4(2-14-5(3)6)16-18(10,11)12/h3-6H,1-2H2,(H2,7,8,9)(H2,10,11,12)/t3-,4-,5-,6-/m1/s1. The second-order valence-corrected chi connectivity index (χ2v) is 6.25. The molecule has 4 atom stereocenters. The van der Waals surface area contributed by atoms with E-state index in [1.807, 2.05) is 0 Å². The average molecular weight is 306 g/mol. The van der Waals surface area contributed by atoms with Crippen molar-refractivity contribution in [3.8, 4) is 0 Å². The first kappa shape index (κ1) is 14.5. The molecule has 106 valence electrons. The Morgan fingerprint density at radius 2 is 1.17 bits per heavy atom. The van der Waals surface area contributed by atoms with Crippen molar-refractivity contribution in [2.24, 2.45) is 0 Å². The average Bonchev–Trinajstić information content (AvgIpc) is 2.66. The number of ether oxygens (including phenoxy) is 2. The van der Waals surface area contributed by atoms with Gasteiger partial charge in [-0.25, -0.2) is 9.13 Å². The molecule has 18 heavy (non-hydrogen) atoms. The Morgan fingerprint density at radius 3 is 1.44 bits per heavy atom. The summed E-state index contributed by atoms with van der Waals surface area (Å²) in [5.74, 6) is 0. The Kier molecular flexibility index (Phi) is 3.97. The molecule has 0 aliphatic carbocycles. The van der Waals surface area contributed by atoms with E-state index in [1.165, 1.54) is 0 Å². The fraction of sp³-hybridized carbons (Fsp3) is 1.00. The second-order valence-electron chi connectivity index (χ2n) is 3.86. The summed E-state index contributed by atoms with van der Waals surface area (Å²) in [6, 6.07) is 0. The third-order valence-electron chi connectivity index (χ3n) is 2.51. The molecular formula is C6H12O10P2. The van der Waals surface area contributed by atoms with Gasteiger partial charge in [0.2, 0.25) is 0 Å². The van der Waals surface area contributed by atoms with Crippen LogP contribution in [-0.4, -0.2) is 57.2 Å². The van der Waals surface area contributed by atoms with E-state index < -0.39 is 40.1 Å². The van der Waals surface area contributed by atoms with Crippen LogP contribution in [0.4, 0.5) is 0 Å². The smallest absolute Gasteiger partial charge is 0.370 e. The number of phosphoric ester groups is 2. The molecule has 0 saturated carbocycles. The number of hydrogen-bond donors (Lipinski definition) is 4. The fourth-order valence-corrected chi connectivity index (χ4v) is 3.03. The van der Waals surface area contributed by atoms with Crippen LogP contribution in [0.25, 0.3) is 0 Å². The minimum Gasteiger partial charge on any atom is -0.370 e. The van der Waals surface area contributed by atoms with E-state index in [9.17, 15) is 9.13 Å². The molecule has 2 rings (SSSR count). The topological polar surface area (TPSA) is 152 Å². The fourth-order valence-electron chi connectivity index (χ4n) is 1.96. The Bertz CT molecular complexity index is 361. The van der Waals surface area contributed by atoms with Crippen molar-refractivity contribution in [3.05, 3.63) is 0 Å². The van der Waals surface area contributed by atoms with Crippen molar-refractivity contribution in [1.29, 1.82) is 0 Å². The Balaban J connectivity index is 1.99. The minimum absolute atomic E-state index is 0.151. The first-order chi connectivity index (χ1) is 8.16. The van der Waals surface area contributed by atoms with Gasteiger partial charge in [0, 0.05) is 0 Å². The molecule has 2 heterocycles. The third kappa shape index (κ3) is 3.58.